The smallest absolute Gasteiger partial charge is 0.272 e. The van der Waals surface area contributed by atoms with Crippen LogP contribution < -0.4 is 5.73 Å². The van der Waals surface area contributed by atoms with Crippen LogP contribution in [0.25, 0.3) is 0 Å². The summed E-state index contributed by atoms with van der Waals surface area (Å²) < 4.78 is 1.66. The molecule has 0 bridgehead atoms. The van der Waals surface area contributed by atoms with E-state index < -0.39 is 5.91 Å². The number of fused-ring (bicyclic) bond motifs is 1. The Balaban J connectivity index is 1.79. The standard InChI is InChI=1S/C17H22N4O2S/c1-10(2)6-12-8-13(20(3)19-12)17(23)21-5-4-14-11(9-21)7-15(24-14)16(18)22/h7-8,10H,4-6,9H2,1-3H3,(H2,18,22). The molecular formula is C17H22N4O2S. The van der Waals surface area contributed by atoms with Gasteiger partial charge in [0.05, 0.1) is 10.6 Å². The largest absolute Gasteiger partial charge is 0.365 e. The van der Waals surface area contributed by atoms with E-state index in [1.807, 2.05) is 24.1 Å². The van der Waals surface area contributed by atoms with E-state index in [0.29, 0.717) is 29.6 Å². The van der Waals surface area contributed by atoms with Gasteiger partial charge < -0.3 is 10.6 Å². The van der Waals surface area contributed by atoms with Crippen molar-refractivity contribution in [2.45, 2.75) is 33.2 Å². The first kappa shape index (κ1) is 16.7. The maximum absolute atomic E-state index is 12.8. The zero-order chi connectivity index (χ0) is 17.4. The summed E-state index contributed by atoms with van der Waals surface area (Å²) in [5.41, 5.74) is 7.93. The summed E-state index contributed by atoms with van der Waals surface area (Å²) in [5, 5.41) is 4.45. The number of primary amides is 1. The number of hydrogen-bond acceptors (Lipinski definition) is 4. The fourth-order valence-corrected chi connectivity index (χ4v) is 4.05. The number of hydrogen-bond donors (Lipinski definition) is 1. The number of rotatable bonds is 4. The van der Waals surface area contributed by atoms with E-state index in [4.69, 9.17) is 5.73 Å². The van der Waals surface area contributed by atoms with Crippen LogP contribution in [0, 0.1) is 5.92 Å². The first-order valence-corrected chi connectivity index (χ1v) is 8.90. The predicted octanol–water partition coefficient (Wildman–Crippen LogP) is 1.98. The molecule has 2 aromatic heterocycles. The minimum absolute atomic E-state index is 0.0162. The van der Waals surface area contributed by atoms with Gasteiger partial charge in [-0.25, -0.2) is 0 Å². The van der Waals surface area contributed by atoms with Crippen LogP contribution in [0.15, 0.2) is 12.1 Å². The molecule has 0 radical (unpaired) electrons. The van der Waals surface area contributed by atoms with E-state index in [9.17, 15) is 9.59 Å². The molecule has 128 valence electrons. The van der Waals surface area contributed by atoms with E-state index in [1.165, 1.54) is 11.3 Å². The van der Waals surface area contributed by atoms with Gasteiger partial charge in [0.1, 0.15) is 5.69 Å². The summed E-state index contributed by atoms with van der Waals surface area (Å²) >= 11 is 1.44. The summed E-state index contributed by atoms with van der Waals surface area (Å²) in [4.78, 5) is 27.7. The molecule has 0 aromatic carbocycles. The summed E-state index contributed by atoms with van der Waals surface area (Å²) in [5.74, 6) is 0.0770. The number of aryl methyl sites for hydroxylation is 1. The average molecular weight is 346 g/mol. The molecule has 0 spiro atoms. The van der Waals surface area contributed by atoms with E-state index in [2.05, 4.69) is 18.9 Å². The highest BCUT2D eigenvalue weighted by molar-refractivity contribution is 7.14. The van der Waals surface area contributed by atoms with Gasteiger partial charge >= 0.3 is 0 Å². The zero-order valence-electron chi connectivity index (χ0n) is 14.2. The lowest BCUT2D eigenvalue weighted by Gasteiger charge is -2.26. The lowest BCUT2D eigenvalue weighted by atomic mass is 10.1. The first-order valence-electron chi connectivity index (χ1n) is 8.08. The number of amides is 2. The van der Waals surface area contributed by atoms with Crippen LogP contribution in [-0.4, -0.2) is 33.0 Å². The molecule has 2 aromatic rings. The quantitative estimate of drug-likeness (QED) is 0.919. The second-order valence-electron chi connectivity index (χ2n) is 6.64. The Hall–Kier alpha value is -2.15. The summed E-state index contributed by atoms with van der Waals surface area (Å²) in [6.07, 6.45) is 1.62. The Kier molecular flexibility index (Phi) is 4.45. The maximum atomic E-state index is 12.8. The van der Waals surface area contributed by atoms with Crippen LogP contribution in [0.2, 0.25) is 0 Å². The number of carbonyl (C=O) groups excluding carboxylic acids is 2. The van der Waals surface area contributed by atoms with Gasteiger partial charge in [-0.15, -0.1) is 11.3 Å². The summed E-state index contributed by atoms with van der Waals surface area (Å²) in [7, 11) is 1.81. The maximum Gasteiger partial charge on any atom is 0.272 e. The Bertz CT molecular complexity index is 791. The van der Waals surface area contributed by atoms with Crippen molar-refractivity contribution in [3.63, 3.8) is 0 Å². The Morgan fingerprint density at radius 2 is 2.12 bits per heavy atom. The fraction of sp³-hybridized carbons (Fsp3) is 0.471. The van der Waals surface area contributed by atoms with Gasteiger partial charge in [0, 0.05) is 25.0 Å². The van der Waals surface area contributed by atoms with Crippen LogP contribution in [0.5, 0.6) is 0 Å². The second-order valence-corrected chi connectivity index (χ2v) is 7.78. The third-order valence-corrected chi connectivity index (χ3v) is 5.42. The summed E-state index contributed by atoms with van der Waals surface area (Å²) in [6.45, 7) is 5.43. The zero-order valence-corrected chi connectivity index (χ0v) is 15.0. The van der Waals surface area contributed by atoms with Gasteiger partial charge in [-0.2, -0.15) is 5.10 Å². The van der Waals surface area contributed by atoms with Crippen molar-refractivity contribution < 1.29 is 9.59 Å². The van der Waals surface area contributed by atoms with E-state index in [1.54, 1.807) is 4.68 Å². The number of nitrogens with zero attached hydrogens (tertiary/aromatic N) is 3. The van der Waals surface area contributed by atoms with Crippen molar-refractivity contribution in [1.29, 1.82) is 0 Å². The molecule has 0 unspecified atom stereocenters. The minimum Gasteiger partial charge on any atom is -0.365 e. The van der Waals surface area contributed by atoms with Crippen LogP contribution >= 0.6 is 11.3 Å². The van der Waals surface area contributed by atoms with Crippen molar-refractivity contribution >= 4 is 23.2 Å². The minimum atomic E-state index is -0.405. The Morgan fingerprint density at radius 3 is 2.79 bits per heavy atom. The SMILES string of the molecule is CC(C)Cc1cc(C(=O)N2CCc3sc(C(N)=O)cc3C2)n(C)n1. The second kappa shape index (κ2) is 6.39. The molecule has 7 heteroatoms. The molecular weight excluding hydrogens is 324 g/mol. The van der Waals surface area contributed by atoms with E-state index in [0.717, 1.165) is 29.0 Å². The Labute approximate surface area is 145 Å². The highest BCUT2D eigenvalue weighted by Gasteiger charge is 2.26. The predicted molar refractivity (Wildman–Crippen MR) is 93.0 cm³/mol. The van der Waals surface area contributed by atoms with Crippen LogP contribution in [0.1, 0.15) is 50.1 Å². The molecule has 24 heavy (non-hydrogen) atoms. The topological polar surface area (TPSA) is 81.2 Å². The van der Waals surface area contributed by atoms with Gasteiger partial charge in [-0.3, -0.25) is 14.3 Å². The number of thiophene rings is 1. The normalized spacial score (nSPS) is 14.1. The molecule has 3 heterocycles. The van der Waals surface area contributed by atoms with Crippen LogP contribution in [-0.2, 0) is 26.4 Å². The molecule has 0 aliphatic carbocycles. The number of aromatic nitrogens is 2. The molecule has 2 amide bonds. The molecule has 3 rings (SSSR count). The Morgan fingerprint density at radius 1 is 1.38 bits per heavy atom. The van der Waals surface area contributed by atoms with Crippen molar-refractivity contribution in [2.24, 2.45) is 18.7 Å². The van der Waals surface area contributed by atoms with Gasteiger partial charge in [-0.1, -0.05) is 13.8 Å². The van der Waals surface area contributed by atoms with Gasteiger partial charge in [0.25, 0.3) is 11.8 Å². The molecule has 1 aliphatic rings. The van der Waals surface area contributed by atoms with Crippen molar-refractivity contribution in [1.82, 2.24) is 14.7 Å². The van der Waals surface area contributed by atoms with Gasteiger partial charge in [0.15, 0.2) is 0 Å². The van der Waals surface area contributed by atoms with Crippen molar-refractivity contribution in [3.8, 4) is 0 Å². The van der Waals surface area contributed by atoms with Gasteiger partial charge in [-0.05, 0) is 36.5 Å². The molecule has 1 aliphatic heterocycles. The molecule has 0 saturated carbocycles. The highest BCUT2D eigenvalue weighted by atomic mass is 32.1. The lowest BCUT2D eigenvalue weighted by Crippen LogP contribution is -2.36. The van der Waals surface area contributed by atoms with Crippen molar-refractivity contribution in [3.05, 3.63) is 38.8 Å². The molecule has 0 saturated heterocycles. The lowest BCUT2D eigenvalue weighted by molar-refractivity contribution is 0.0724. The number of nitrogens with two attached hydrogens (primary N) is 1. The number of carbonyl (C=O) groups is 2. The summed E-state index contributed by atoms with van der Waals surface area (Å²) in [6, 6.07) is 3.70. The van der Waals surface area contributed by atoms with E-state index >= 15 is 0 Å². The third kappa shape index (κ3) is 3.21. The van der Waals surface area contributed by atoms with Crippen LogP contribution in [0.4, 0.5) is 0 Å². The molecule has 0 fully saturated rings. The average Bonchev–Trinajstić information content (AvgIpc) is 3.08. The third-order valence-electron chi connectivity index (χ3n) is 4.16. The van der Waals surface area contributed by atoms with Crippen LogP contribution in [0.3, 0.4) is 0 Å². The first-order chi connectivity index (χ1) is 11.3. The molecule has 6 nitrogen and oxygen atoms in total. The molecule has 0 atom stereocenters. The van der Waals surface area contributed by atoms with Crippen molar-refractivity contribution in [2.75, 3.05) is 6.54 Å². The van der Waals surface area contributed by atoms with E-state index in [-0.39, 0.29) is 5.91 Å². The monoisotopic (exact) mass is 346 g/mol. The molecule has 2 N–H and O–H groups in total. The van der Waals surface area contributed by atoms with Gasteiger partial charge in [0.2, 0.25) is 0 Å². The highest BCUT2D eigenvalue weighted by Crippen LogP contribution is 2.28. The fourth-order valence-electron chi connectivity index (χ4n) is 3.03.